The second kappa shape index (κ2) is 14.7. The first-order chi connectivity index (χ1) is 19.5. The summed E-state index contributed by atoms with van der Waals surface area (Å²) in [7, 11) is -1.98. The van der Waals surface area contributed by atoms with Crippen LogP contribution in [0, 0.1) is 6.92 Å². The average Bonchev–Trinajstić information content (AvgIpc) is 2.92. The zero-order chi connectivity index (χ0) is 30.0. The molecule has 1 N–H and O–H groups in total. The molecule has 3 rings (SSSR count). The van der Waals surface area contributed by atoms with Gasteiger partial charge in [-0.3, -0.25) is 13.9 Å². The second-order valence-corrected chi connectivity index (χ2v) is 12.4. The van der Waals surface area contributed by atoms with Crippen molar-refractivity contribution in [3.8, 4) is 5.75 Å². The van der Waals surface area contributed by atoms with Crippen LogP contribution in [0.3, 0.4) is 0 Å². The molecule has 0 saturated heterocycles. The Morgan fingerprint density at radius 2 is 1.61 bits per heavy atom. The predicted molar refractivity (Wildman–Crippen MR) is 163 cm³/mol. The highest BCUT2D eigenvalue weighted by molar-refractivity contribution is 7.92. The van der Waals surface area contributed by atoms with Crippen LogP contribution in [0.15, 0.2) is 78.9 Å². The van der Waals surface area contributed by atoms with Gasteiger partial charge in [0.2, 0.25) is 21.8 Å². The highest BCUT2D eigenvalue weighted by Crippen LogP contribution is 2.22. The Bertz CT molecular complexity index is 1410. The van der Waals surface area contributed by atoms with Crippen molar-refractivity contribution in [1.29, 1.82) is 0 Å². The van der Waals surface area contributed by atoms with Crippen molar-refractivity contribution in [2.45, 2.75) is 58.7 Å². The molecular formula is C32H41N3O5S. The summed E-state index contributed by atoms with van der Waals surface area (Å²) in [6, 6.07) is 23.4. The third-order valence-corrected chi connectivity index (χ3v) is 7.82. The van der Waals surface area contributed by atoms with Gasteiger partial charge < -0.3 is 15.0 Å². The monoisotopic (exact) mass is 579 g/mol. The summed E-state index contributed by atoms with van der Waals surface area (Å²) >= 11 is 0. The molecular weight excluding hydrogens is 538 g/mol. The van der Waals surface area contributed by atoms with Crippen molar-refractivity contribution >= 4 is 27.5 Å². The van der Waals surface area contributed by atoms with E-state index in [2.05, 4.69) is 5.32 Å². The topological polar surface area (TPSA) is 96.0 Å². The summed E-state index contributed by atoms with van der Waals surface area (Å²) in [4.78, 5) is 29.0. The lowest BCUT2D eigenvalue weighted by molar-refractivity contribution is -0.141. The Morgan fingerprint density at radius 3 is 2.24 bits per heavy atom. The molecule has 0 fully saturated rings. The minimum atomic E-state index is -3.56. The van der Waals surface area contributed by atoms with E-state index in [1.54, 1.807) is 18.1 Å². The van der Waals surface area contributed by atoms with Gasteiger partial charge in [-0.15, -0.1) is 0 Å². The van der Waals surface area contributed by atoms with E-state index in [1.807, 2.05) is 93.6 Å². The third kappa shape index (κ3) is 9.63. The van der Waals surface area contributed by atoms with Gasteiger partial charge in [0.25, 0.3) is 0 Å². The molecule has 1 atom stereocenters. The van der Waals surface area contributed by atoms with E-state index >= 15 is 0 Å². The number of sulfonamides is 1. The van der Waals surface area contributed by atoms with Crippen molar-refractivity contribution in [2.24, 2.45) is 0 Å². The smallest absolute Gasteiger partial charge is 0.243 e. The van der Waals surface area contributed by atoms with Crippen LogP contribution in [0.5, 0.6) is 5.75 Å². The molecule has 41 heavy (non-hydrogen) atoms. The first kappa shape index (κ1) is 31.7. The molecule has 3 aromatic rings. The van der Waals surface area contributed by atoms with Crippen molar-refractivity contribution in [1.82, 2.24) is 10.2 Å². The largest absolute Gasteiger partial charge is 0.497 e. The number of ether oxygens (including phenoxy) is 1. The number of hydrogen-bond donors (Lipinski definition) is 1. The summed E-state index contributed by atoms with van der Waals surface area (Å²) in [5.41, 5.74) is 3.26. The highest BCUT2D eigenvalue weighted by atomic mass is 32.2. The summed E-state index contributed by atoms with van der Waals surface area (Å²) < 4.78 is 32.0. The summed E-state index contributed by atoms with van der Waals surface area (Å²) in [6.07, 6.45) is 1.87. The van der Waals surface area contributed by atoms with Crippen LogP contribution in [-0.2, 0) is 32.6 Å². The zero-order valence-corrected chi connectivity index (χ0v) is 25.4. The standard InChI is InChI=1S/C32H41N3O5S/c1-24(2)33-32(37)30(22-26-13-7-6-8-14-26)34(23-27-15-10-17-29(21-27)40-4)31(36)18-11-19-35(41(5,38)39)28-16-9-12-25(3)20-28/h6-10,12-17,20-21,24,30H,11,18-19,22-23H2,1-5H3,(H,33,37)/t30-/m0/s1. The number of benzene rings is 3. The highest BCUT2D eigenvalue weighted by Gasteiger charge is 2.31. The van der Waals surface area contributed by atoms with E-state index in [-0.39, 0.29) is 43.8 Å². The van der Waals surface area contributed by atoms with Crippen LogP contribution in [-0.4, -0.2) is 57.1 Å². The van der Waals surface area contributed by atoms with Gasteiger partial charge in [0, 0.05) is 32.0 Å². The number of carbonyl (C=O) groups is 2. The first-order valence-corrected chi connectivity index (χ1v) is 15.6. The first-order valence-electron chi connectivity index (χ1n) is 13.8. The normalized spacial score (nSPS) is 12.0. The van der Waals surface area contributed by atoms with E-state index in [0.29, 0.717) is 17.9 Å². The maximum Gasteiger partial charge on any atom is 0.243 e. The number of rotatable bonds is 14. The Hall–Kier alpha value is -3.85. The minimum Gasteiger partial charge on any atom is -0.497 e. The molecule has 8 nitrogen and oxygen atoms in total. The lowest BCUT2D eigenvalue weighted by Gasteiger charge is -2.32. The van der Waals surface area contributed by atoms with Crippen molar-refractivity contribution in [3.05, 3.63) is 95.6 Å². The molecule has 220 valence electrons. The SMILES string of the molecule is COc1cccc(CN(C(=O)CCCN(c2cccc(C)c2)S(C)(=O)=O)[C@@H](Cc2ccccc2)C(=O)NC(C)C)c1. The summed E-state index contributed by atoms with van der Waals surface area (Å²) in [6.45, 7) is 6.02. The van der Waals surface area contributed by atoms with Gasteiger partial charge in [0.1, 0.15) is 11.8 Å². The molecule has 0 saturated carbocycles. The minimum absolute atomic E-state index is 0.0715. The van der Waals surface area contributed by atoms with Gasteiger partial charge in [0.15, 0.2) is 0 Å². The number of aryl methyl sites for hydroxylation is 1. The molecule has 0 bridgehead atoms. The van der Waals surface area contributed by atoms with E-state index in [9.17, 15) is 18.0 Å². The molecule has 0 aliphatic carbocycles. The third-order valence-electron chi connectivity index (χ3n) is 6.63. The second-order valence-electron chi connectivity index (χ2n) is 10.5. The van der Waals surface area contributed by atoms with Gasteiger partial charge in [0.05, 0.1) is 19.1 Å². The number of nitrogens with one attached hydrogen (secondary N) is 1. The Balaban J connectivity index is 1.90. The van der Waals surface area contributed by atoms with Crippen LogP contribution in [0.25, 0.3) is 0 Å². The van der Waals surface area contributed by atoms with Crippen LogP contribution >= 0.6 is 0 Å². The maximum atomic E-state index is 13.9. The van der Waals surface area contributed by atoms with Crippen LogP contribution in [0.1, 0.15) is 43.4 Å². The summed E-state index contributed by atoms with van der Waals surface area (Å²) in [5, 5.41) is 2.98. The number of carbonyl (C=O) groups excluding carboxylic acids is 2. The predicted octanol–water partition coefficient (Wildman–Crippen LogP) is 4.71. The molecule has 9 heteroatoms. The van der Waals surface area contributed by atoms with Gasteiger partial charge >= 0.3 is 0 Å². The summed E-state index contributed by atoms with van der Waals surface area (Å²) in [5.74, 6) is 0.186. The molecule has 0 aliphatic heterocycles. The van der Waals surface area contributed by atoms with Crippen molar-refractivity contribution < 1.29 is 22.7 Å². The van der Waals surface area contributed by atoms with Gasteiger partial charge in [-0.2, -0.15) is 0 Å². The molecule has 0 spiro atoms. The molecule has 2 amide bonds. The molecule has 0 aliphatic rings. The Labute approximate surface area is 244 Å². The number of hydrogen-bond acceptors (Lipinski definition) is 5. The molecule has 0 unspecified atom stereocenters. The van der Waals surface area contributed by atoms with Crippen molar-refractivity contribution in [3.63, 3.8) is 0 Å². The molecule has 0 radical (unpaired) electrons. The quantitative estimate of drug-likeness (QED) is 0.298. The Kier molecular flexibility index (Phi) is 11.3. The van der Waals surface area contributed by atoms with E-state index in [1.165, 1.54) is 10.6 Å². The molecule has 3 aromatic carbocycles. The fourth-order valence-corrected chi connectivity index (χ4v) is 5.65. The van der Waals surface area contributed by atoms with Crippen molar-refractivity contribution in [2.75, 3.05) is 24.2 Å². The lowest BCUT2D eigenvalue weighted by Crippen LogP contribution is -2.51. The average molecular weight is 580 g/mol. The lowest BCUT2D eigenvalue weighted by atomic mass is 10.0. The van der Waals surface area contributed by atoms with Crippen LogP contribution in [0.4, 0.5) is 5.69 Å². The van der Waals surface area contributed by atoms with Gasteiger partial charge in [-0.05, 0) is 68.1 Å². The van der Waals surface area contributed by atoms with Crippen LogP contribution in [0.2, 0.25) is 0 Å². The van der Waals surface area contributed by atoms with Crippen LogP contribution < -0.4 is 14.4 Å². The maximum absolute atomic E-state index is 13.9. The Morgan fingerprint density at radius 1 is 0.927 bits per heavy atom. The molecule has 0 heterocycles. The van der Waals surface area contributed by atoms with Gasteiger partial charge in [-0.1, -0.05) is 54.6 Å². The number of anilines is 1. The number of methoxy groups -OCH3 is 1. The number of nitrogens with zero attached hydrogens (tertiary/aromatic N) is 2. The molecule has 0 aromatic heterocycles. The van der Waals surface area contributed by atoms with E-state index < -0.39 is 16.1 Å². The zero-order valence-electron chi connectivity index (χ0n) is 24.5. The fraction of sp³-hybridized carbons (Fsp3) is 0.375. The fourth-order valence-electron chi connectivity index (χ4n) is 4.69. The van der Waals surface area contributed by atoms with Gasteiger partial charge in [-0.25, -0.2) is 8.42 Å². The van der Waals surface area contributed by atoms with E-state index in [0.717, 1.165) is 16.7 Å². The number of amides is 2. The van der Waals surface area contributed by atoms with E-state index in [4.69, 9.17) is 4.74 Å².